The van der Waals surface area contributed by atoms with Crippen molar-refractivity contribution in [2.75, 3.05) is 18.0 Å². The van der Waals surface area contributed by atoms with Crippen molar-refractivity contribution in [3.05, 3.63) is 10.6 Å². The molecule has 1 unspecified atom stereocenters. The molecule has 0 aliphatic carbocycles. The summed E-state index contributed by atoms with van der Waals surface area (Å²) in [6, 6.07) is 0. The van der Waals surface area contributed by atoms with Crippen molar-refractivity contribution in [1.29, 1.82) is 0 Å². The van der Waals surface area contributed by atoms with Crippen LogP contribution in [0.3, 0.4) is 0 Å². The van der Waals surface area contributed by atoms with E-state index in [1.54, 1.807) is 11.3 Å². The molecule has 1 atom stereocenters. The number of aliphatic carboxylic acids is 1. The second kappa shape index (κ2) is 5.12. The van der Waals surface area contributed by atoms with Crippen LogP contribution in [0.5, 0.6) is 0 Å². The second-order valence-corrected chi connectivity index (χ2v) is 7.13. The third-order valence-corrected chi connectivity index (χ3v) is 5.41. The fourth-order valence-electron chi connectivity index (χ4n) is 2.51. The van der Waals surface area contributed by atoms with Crippen molar-refractivity contribution in [3.63, 3.8) is 0 Å². The summed E-state index contributed by atoms with van der Waals surface area (Å²) in [5, 5.41) is 10.4. The third-order valence-electron chi connectivity index (χ3n) is 4.28. The molecule has 0 radical (unpaired) electrons. The van der Waals surface area contributed by atoms with Gasteiger partial charge >= 0.3 is 5.97 Å². The Hall–Kier alpha value is -1.10. The van der Waals surface area contributed by atoms with Crippen LogP contribution in [0.1, 0.15) is 37.3 Å². The number of thiazole rings is 1. The van der Waals surface area contributed by atoms with Crippen LogP contribution in [0, 0.1) is 25.2 Å². The highest BCUT2D eigenvalue weighted by Gasteiger charge is 2.39. The van der Waals surface area contributed by atoms with Crippen LogP contribution < -0.4 is 4.90 Å². The molecule has 1 aliphatic heterocycles. The van der Waals surface area contributed by atoms with Crippen LogP contribution >= 0.6 is 11.3 Å². The zero-order valence-corrected chi connectivity index (χ0v) is 12.9. The topological polar surface area (TPSA) is 53.4 Å². The highest BCUT2D eigenvalue weighted by molar-refractivity contribution is 7.15. The Morgan fingerprint density at radius 3 is 2.68 bits per heavy atom. The molecular weight excluding hydrogens is 260 g/mol. The number of aryl methyl sites for hydroxylation is 2. The Morgan fingerprint density at radius 1 is 1.47 bits per heavy atom. The average molecular weight is 282 g/mol. The van der Waals surface area contributed by atoms with E-state index in [2.05, 4.69) is 16.8 Å². The van der Waals surface area contributed by atoms with Crippen LogP contribution in [-0.2, 0) is 4.79 Å². The minimum absolute atomic E-state index is 0.184. The summed E-state index contributed by atoms with van der Waals surface area (Å²) >= 11 is 1.71. The summed E-state index contributed by atoms with van der Waals surface area (Å²) in [4.78, 5) is 19.5. The fourth-order valence-corrected chi connectivity index (χ4v) is 3.45. The number of anilines is 1. The minimum Gasteiger partial charge on any atom is -0.481 e. The molecule has 0 bridgehead atoms. The van der Waals surface area contributed by atoms with E-state index in [0.29, 0.717) is 0 Å². The Morgan fingerprint density at radius 2 is 2.16 bits per heavy atom. The molecule has 1 aromatic rings. The number of carboxylic acids is 1. The van der Waals surface area contributed by atoms with E-state index in [0.717, 1.165) is 36.8 Å². The normalized spacial score (nSPS) is 20.6. The van der Waals surface area contributed by atoms with Crippen LogP contribution in [-0.4, -0.2) is 29.1 Å². The largest absolute Gasteiger partial charge is 0.481 e. The van der Waals surface area contributed by atoms with Gasteiger partial charge in [0.1, 0.15) is 0 Å². The van der Waals surface area contributed by atoms with E-state index in [-0.39, 0.29) is 5.92 Å². The summed E-state index contributed by atoms with van der Waals surface area (Å²) in [6.45, 7) is 9.56. The Bertz CT molecular complexity index is 462. The highest BCUT2D eigenvalue weighted by Crippen LogP contribution is 2.37. The summed E-state index contributed by atoms with van der Waals surface area (Å²) in [5.74, 6) is -0.519. The molecule has 1 N–H and O–H groups in total. The van der Waals surface area contributed by atoms with Crippen LogP contribution in [0.15, 0.2) is 0 Å². The van der Waals surface area contributed by atoms with Gasteiger partial charge < -0.3 is 10.0 Å². The molecule has 106 valence electrons. The number of hydrogen-bond acceptors (Lipinski definition) is 4. The smallest absolute Gasteiger partial charge is 0.309 e. The molecule has 0 saturated carbocycles. The van der Waals surface area contributed by atoms with Crippen molar-refractivity contribution < 1.29 is 9.90 Å². The van der Waals surface area contributed by atoms with Gasteiger partial charge in [-0.3, -0.25) is 4.79 Å². The lowest BCUT2D eigenvalue weighted by Gasteiger charge is -2.39. The fraction of sp³-hybridized carbons (Fsp3) is 0.714. The Labute approximate surface area is 118 Å². The molecule has 2 heterocycles. The van der Waals surface area contributed by atoms with E-state index < -0.39 is 11.4 Å². The molecule has 5 heteroatoms. The average Bonchev–Trinajstić information content (AvgIpc) is 2.70. The van der Waals surface area contributed by atoms with Crippen molar-refractivity contribution in [1.82, 2.24) is 4.98 Å². The number of carboxylic acid groups (broad SMARTS) is 1. The highest BCUT2D eigenvalue weighted by atomic mass is 32.1. The second-order valence-electron chi connectivity index (χ2n) is 5.95. The molecule has 2 rings (SSSR count). The van der Waals surface area contributed by atoms with Crippen LogP contribution in [0.25, 0.3) is 0 Å². The summed E-state index contributed by atoms with van der Waals surface area (Å²) in [6.07, 6.45) is 2.03. The monoisotopic (exact) mass is 282 g/mol. The van der Waals surface area contributed by atoms with E-state index in [1.165, 1.54) is 4.88 Å². The molecule has 0 spiro atoms. The van der Waals surface area contributed by atoms with E-state index in [9.17, 15) is 9.90 Å². The minimum atomic E-state index is -0.703. The lowest BCUT2D eigenvalue weighted by atomic mass is 9.75. The van der Waals surface area contributed by atoms with Crippen LogP contribution in [0.2, 0.25) is 0 Å². The molecule has 1 saturated heterocycles. The van der Waals surface area contributed by atoms with Gasteiger partial charge in [-0.15, -0.1) is 11.3 Å². The number of nitrogens with zero attached hydrogens (tertiary/aromatic N) is 2. The van der Waals surface area contributed by atoms with Crippen molar-refractivity contribution in [2.45, 2.75) is 40.5 Å². The van der Waals surface area contributed by atoms with Gasteiger partial charge in [-0.05, 0) is 46.5 Å². The van der Waals surface area contributed by atoms with Crippen LogP contribution in [0.4, 0.5) is 5.13 Å². The predicted octanol–water partition coefficient (Wildman–Crippen LogP) is 3.09. The SMILES string of the molecule is Cc1nc(N2CCCC(C(C)(C)C(=O)O)C2)sc1C. The first kappa shape index (κ1) is 14.3. The molecule has 1 aliphatic rings. The number of hydrogen-bond donors (Lipinski definition) is 1. The molecule has 19 heavy (non-hydrogen) atoms. The predicted molar refractivity (Wildman–Crippen MR) is 77.9 cm³/mol. The van der Waals surface area contributed by atoms with Gasteiger partial charge in [0.25, 0.3) is 0 Å². The number of carbonyl (C=O) groups is 1. The lowest BCUT2D eigenvalue weighted by molar-refractivity contribution is -0.150. The van der Waals surface area contributed by atoms with Gasteiger partial charge in [-0.2, -0.15) is 0 Å². The molecule has 0 aromatic carbocycles. The number of piperidine rings is 1. The van der Waals surface area contributed by atoms with Gasteiger partial charge in [0.05, 0.1) is 11.1 Å². The zero-order valence-electron chi connectivity index (χ0n) is 12.1. The maximum atomic E-state index is 11.4. The standard InChI is InChI=1S/C14H22N2O2S/c1-9-10(2)19-13(15-9)16-7-5-6-11(8-16)14(3,4)12(17)18/h11H,5-8H2,1-4H3,(H,17,18). The first-order chi connectivity index (χ1) is 8.82. The van der Waals surface area contributed by atoms with Gasteiger partial charge in [0.15, 0.2) is 5.13 Å². The third kappa shape index (κ3) is 2.76. The molecule has 1 fully saturated rings. The van der Waals surface area contributed by atoms with Gasteiger partial charge in [0.2, 0.25) is 0 Å². The van der Waals surface area contributed by atoms with Crippen molar-refractivity contribution >= 4 is 22.4 Å². The summed E-state index contributed by atoms with van der Waals surface area (Å²) in [7, 11) is 0. The first-order valence-corrected chi connectivity index (χ1v) is 7.56. The number of aromatic nitrogens is 1. The Kier molecular flexibility index (Phi) is 3.85. The lowest BCUT2D eigenvalue weighted by Crippen LogP contribution is -2.44. The zero-order chi connectivity index (χ0) is 14.2. The maximum absolute atomic E-state index is 11.4. The number of rotatable bonds is 3. The summed E-state index contributed by atoms with van der Waals surface area (Å²) in [5.41, 5.74) is 0.416. The van der Waals surface area contributed by atoms with E-state index in [4.69, 9.17) is 0 Å². The molecule has 1 aromatic heterocycles. The molecule has 0 amide bonds. The van der Waals surface area contributed by atoms with Gasteiger partial charge in [0, 0.05) is 18.0 Å². The van der Waals surface area contributed by atoms with Gasteiger partial charge in [-0.25, -0.2) is 4.98 Å². The van der Waals surface area contributed by atoms with Crippen molar-refractivity contribution in [2.24, 2.45) is 11.3 Å². The van der Waals surface area contributed by atoms with E-state index >= 15 is 0 Å². The molecular formula is C14H22N2O2S. The summed E-state index contributed by atoms with van der Waals surface area (Å²) < 4.78 is 0. The van der Waals surface area contributed by atoms with Crippen molar-refractivity contribution in [3.8, 4) is 0 Å². The first-order valence-electron chi connectivity index (χ1n) is 6.74. The van der Waals surface area contributed by atoms with E-state index in [1.807, 2.05) is 20.8 Å². The Balaban J connectivity index is 2.15. The maximum Gasteiger partial charge on any atom is 0.309 e. The molecule has 4 nitrogen and oxygen atoms in total. The quantitative estimate of drug-likeness (QED) is 0.925. The van der Waals surface area contributed by atoms with Gasteiger partial charge in [-0.1, -0.05) is 0 Å².